The third-order valence-corrected chi connectivity index (χ3v) is 15.8. The van der Waals surface area contributed by atoms with Gasteiger partial charge in [-0.2, -0.15) is 0 Å². The third kappa shape index (κ3) is 6.32. The second-order valence-corrected chi connectivity index (χ2v) is 24.2. The van der Waals surface area contributed by atoms with Crippen molar-refractivity contribution in [3.8, 4) is 0 Å². The number of allylic oxidation sites excluding steroid dienone is 4. The van der Waals surface area contributed by atoms with E-state index in [4.69, 9.17) is 0 Å². The maximum absolute atomic E-state index is 2.73. The number of benzene rings is 4. The molecule has 2 aliphatic heterocycles. The van der Waals surface area contributed by atoms with Gasteiger partial charge in [-0.05, 0) is 160 Å². The van der Waals surface area contributed by atoms with E-state index in [9.17, 15) is 0 Å². The van der Waals surface area contributed by atoms with Gasteiger partial charge < -0.3 is 9.80 Å². The SMILES string of the molecule is Cc1cc2c3c(c1)N(c1ccc(C(C)(C)C)cc1)c1c(sc4cc5c(cc14)C(C)(C)CCC5(C)C)B3C1=C(CCC(C(C)(C)C)=C1)N2c1c(C)cc(C(C)(C)C)cc1C. The number of rotatable bonds is 2. The number of anilines is 5. The van der Waals surface area contributed by atoms with Crippen molar-refractivity contribution in [2.24, 2.45) is 5.41 Å². The Morgan fingerprint density at radius 2 is 1.17 bits per heavy atom. The largest absolute Gasteiger partial charge is 0.315 e. The quantitative estimate of drug-likeness (QED) is 0.164. The van der Waals surface area contributed by atoms with Gasteiger partial charge in [0.1, 0.15) is 0 Å². The van der Waals surface area contributed by atoms with E-state index in [2.05, 4.69) is 199 Å². The van der Waals surface area contributed by atoms with Crippen LogP contribution in [0.5, 0.6) is 0 Å². The Hall–Kier alpha value is -4.02. The molecule has 59 heavy (non-hydrogen) atoms. The molecule has 0 saturated carbocycles. The van der Waals surface area contributed by atoms with E-state index >= 15 is 0 Å². The summed E-state index contributed by atoms with van der Waals surface area (Å²) in [6, 6.07) is 24.8. The fraction of sp³-hybridized carbons (Fsp3) is 0.455. The molecule has 4 heteroatoms. The Kier molecular flexibility index (Phi) is 8.90. The average molecular weight is 799 g/mol. The first-order valence-corrected chi connectivity index (χ1v) is 23.2. The van der Waals surface area contributed by atoms with E-state index in [1.807, 2.05) is 0 Å². The van der Waals surface area contributed by atoms with Gasteiger partial charge in [0.05, 0.1) is 11.4 Å². The lowest BCUT2D eigenvalue weighted by Gasteiger charge is -2.46. The van der Waals surface area contributed by atoms with E-state index in [-0.39, 0.29) is 33.8 Å². The molecule has 3 heterocycles. The highest BCUT2D eigenvalue weighted by Gasteiger charge is 2.48. The highest BCUT2D eigenvalue weighted by atomic mass is 32.1. The first-order chi connectivity index (χ1) is 27.4. The number of hydrogen-bond donors (Lipinski definition) is 0. The minimum atomic E-state index is 0.0748. The average Bonchev–Trinajstić information content (AvgIpc) is 3.50. The Morgan fingerprint density at radius 3 is 1.73 bits per heavy atom. The summed E-state index contributed by atoms with van der Waals surface area (Å²) < 4.78 is 2.91. The Bertz CT molecular complexity index is 2620. The van der Waals surface area contributed by atoms with Gasteiger partial charge in [-0.15, -0.1) is 11.3 Å². The van der Waals surface area contributed by atoms with Crippen LogP contribution >= 0.6 is 11.3 Å². The van der Waals surface area contributed by atoms with Crippen molar-refractivity contribution in [1.82, 2.24) is 0 Å². The third-order valence-electron chi connectivity index (χ3n) is 14.6. The Balaban J connectivity index is 1.41. The molecule has 2 nitrogen and oxygen atoms in total. The van der Waals surface area contributed by atoms with Crippen molar-refractivity contribution in [1.29, 1.82) is 0 Å². The summed E-state index contributed by atoms with van der Waals surface area (Å²) >= 11 is 2.07. The van der Waals surface area contributed by atoms with Gasteiger partial charge in [-0.25, -0.2) is 0 Å². The first kappa shape index (κ1) is 40.4. The molecule has 0 unspecified atom stereocenters. The molecule has 0 amide bonds. The molecule has 9 rings (SSSR count). The summed E-state index contributed by atoms with van der Waals surface area (Å²) in [7, 11) is 0. The number of aryl methyl sites for hydroxylation is 3. The molecule has 0 N–H and O–H groups in total. The summed E-state index contributed by atoms with van der Waals surface area (Å²) in [5.41, 5.74) is 23.0. The molecule has 4 aromatic carbocycles. The number of nitrogens with zero attached hydrogens (tertiary/aromatic N) is 2. The summed E-state index contributed by atoms with van der Waals surface area (Å²) in [5, 5.41) is 1.41. The number of hydrogen-bond acceptors (Lipinski definition) is 3. The van der Waals surface area contributed by atoms with E-state index in [1.165, 1.54) is 106 Å². The maximum Gasteiger partial charge on any atom is 0.264 e. The molecular formula is C55H67BN2S. The van der Waals surface area contributed by atoms with Crippen LogP contribution < -0.4 is 20.0 Å². The standard InChI is InChI=1S/C55H67BN2S/c1-32-25-44-47-45(26-32)58(48-33(2)27-37(28-34(48)3)53(10,11)12)43-22-19-36(52(7,8)9)29-42(43)56(47)50-49(57(44)38-20-17-35(18-21-38)51(4,5)6)39-30-40-41(31-46(39)59-50)55(15,16)24-23-54(40,13)14/h17-18,20-21,25-31H,19,22-24H2,1-16H3. The number of thiophene rings is 1. The van der Waals surface area contributed by atoms with Crippen LogP contribution in [-0.4, -0.2) is 6.71 Å². The predicted octanol–water partition coefficient (Wildman–Crippen LogP) is 14.9. The fourth-order valence-corrected chi connectivity index (χ4v) is 12.2. The highest BCUT2D eigenvalue weighted by molar-refractivity contribution is 7.33. The van der Waals surface area contributed by atoms with Crippen molar-refractivity contribution >= 4 is 66.8 Å². The van der Waals surface area contributed by atoms with Gasteiger partial charge in [0.25, 0.3) is 6.71 Å². The molecule has 2 aliphatic carbocycles. The molecular weight excluding hydrogens is 731 g/mol. The minimum Gasteiger partial charge on any atom is -0.315 e. The smallest absolute Gasteiger partial charge is 0.264 e. The van der Waals surface area contributed by atoms with Crippen molar-refractivity contribution in [3.05, 3.63) is 122 Å². The van der Waals surface area contributed by atoms with Gasteiger partial charge in [0, 0.05) is 37.6 Å². The summed E-state index contributed by atoms with van der Waals surface area (Å²) in [5.74, 6) is 0. The van der Waals surface area contributed by atoms with Gasteiger partial charge in [0.2, 0.25) is 0 Å². The van der Waals surface area contributed by atoms with Crippen LogP contribution in [0.2, 0.25) is 0 Å². The normalized spacial score (nSPS) is 18.4. The van der Waals surface area contributed by atoms with Crippen LogP contribution in [0.3, 0.4) is 0 Å². The molecule has 0 spiro atoms. The van der Waals surface area contributed by atoms with E-state index in [0.29, 0.717) is 0 Å². The van der Waals surface area contributed by atoms with Crippen LogP contribution in [0.15, 0.2) is 83.5 Å². The zero-order chi connectivity index (χ0) is 42.5. The monoisotopic (exact) mass is 799 g/mol. The molecule has 306 valence electrons. The second kappa shape index (κ2) is 13.0. The lowest BCUT2D eigenvalue weighted by molar-refractivity contribution is 0.332. The number of fused-ring (bicyclic) bond motifs is 6. The zero-order valence-corrected chi connectivity index (χ0v) is 39.9. The Morgan fingerprint density at radius 1 is 0.610 bits per heavy atom. The molecule has 0 bridgehead atoms. The predicted molar refractivity (Wildman–Crippen MR) is 261 cm³/mol. The van der Waals surface area contributed by atoms with Crippen LogP contribution in [0, 0.1) is 26.2 Å². The van der Waals surface area contributed by atoms with E-state index in [0.717, 1.165) is 12.8 Å². The van der Waals surface area contributed by atoms with Crippen LogP contribution in [0.4, 0.5) is 28.4 Å². The van der Waals surface area contributed by atoms with Crippen molar-refractivity contribution in [3.63, 3.8) is 0 Å². The van der Waals surface area contributed by atoms with Crippen LogP contribution in [-0.2, 0) is 21.7 Å². The minimum absolute atomic E-state index is 0.0748. The second-order valence-electron chi connectivity index (χ2n) is 23.1. The molecule has 4 aliphatic rings. The van der Waals surface area contributed by atoms with Gasteiger partial charge in [0.15, 0.2) is 0 Å². The van der Waals surface area contributed by atoms with Gasteiger partial charge in [-0.3, -0.25) is 0 Å². The van der Waals surface area contributed by atoms with Crippen molar-refractivity contribution in [2.45, 2.75) is 158 Å². The molecule has 1 aromatic heterocycles. The highest BCUT2D eigenvalue weighted by Crippen LogP contribution is 2.54. The van der Waals surface area contributed by atoms with E-state index in [1.54, 1.807) is 11.1 Å². The first-order valence-electron chi connectivity index (χ1n) is 22.4. The molecule has 5 aromatic rings. The topological polar surface area (TPSA) is 6.48 Å². The summed E-state index contributed by atoms with van der Waals surface area (Å²) in [6.45, 7) is 38.3. The van der Waals surface area contributed by atoms with Crippen molar-refractivity contribution < 1.29 is 0 Å². The lowest BCUT2D eigenvalue weighted by Crippen LogP contribution is -2.55. The Labute approximate surface area is 360 Å². The summed E-state index contributed by atoms with van der Waals surface area (Å²) in [4.78, 5) is 5.41. The van der Waals surface area contributed by atoms with Crippen LogP contribution in [0.1, 0.15) is 155 Å². The maximum atomic E-state index is 2.73. The molecule has 0 radical (unpaired) electrons. The molecule has 0 saturated heterocycles. The van der Waals surface area contributed by atoms with Gasteiger partial charge >= 0.3 is 0 Å². The van der Waals surface area contributed by atoms with Crippen molar-refractivity contribution in [2.75, 3.05) is 9.80 Å². The summed E-state index contributed by atoms with van der Waals surface area (Å²) in [6.07, 6.45) is 7.20. The molecule has 0 atom stereocenters. The van der Waals surface area contributed by atoms with Gasteiger partial charge in [-0.1, -0.05) is 126 Å². The fourth-order valence-electron chi connectivity index (χ4n) is 10.9. The lowest BCUT2D eigenvalue weighted by atomic mass is 9.34. The zero-order valence-electron chi connectivity index (χ0n) is 39.1. The van der Waals surface area contributed by atoms with Crippen LogP contribution in [0.25, 0.3) is 10.1 Å². The molecule has 0 fully saturated rings. The van der Waals surface area contributed by atoms with E-state index < -0.39 is 0 Å².